The van der Waals surface area contributed by atoms with Gasteiger partial charge in [0.25, 0.3) is 5.91 Å². The lowest BCUT2D eigenvalue weighted by Gasteiger charge is -2.12. The molecule has 0 saturated carbocycles. The van der Waals surface area contributed by atoms with Crippen LogP contribution in [0.4, 0.5) is 0 Å². The maximum absolute atomic E-state index is 12.1. The Morgan fingerprint density at radius 2 is 2.00 bits per heavy atom. The van der Waals surface area contributed by atoms with Crippen LogP contribution in [0.5, 0.6) is 0 Å². The third-order valence-corrected chi connectivity index (χ3v) is 3.75. The normalized spacial score (nSPS) is 11.8. The molecule has 7 heteroatoms. The van der Waals surface area contributed by atoms with E-state index in [1.165, 1.54) is 13.0 Å². The minimum Gasteiger partial charge on any atom is -0.449 e. The van der Waals surface area contributed by atoms with Gasteiger partial charge in [-0.1, -0.05) is 30.1 Å². The number of carbonyl (C=O) groups excluding carboxylic acids is 2. The maximum atomic E-state index is 12.1. The molecule has 1 N–H and O–H groups in total. The Kier molecular flexibility index (Phi) is 6.29. The summed E-state index contributed by atoms with van der Waals surface area (Å²) in [6.07, 6.45) is -0.104. The number of hydrogen-bond donors (Lipinski definition) is 1. The quantitative estimate of drug-likeness (QED) is 0.769. The number of halogens is 2. The smallest absolute Gasteiger partial charge is 0.375 e. The van der Waals surface area contributed by atoms with E-state index in [1.54, 1.807) is 24.3 Å². The van der Waals surface area contributed by atoms with Crippen LogP contribution in [0.25, 0.3) is 11.3 Å². The fourth-order valence-corrected chi connectivity index (χ4v) is 2.45. The molecule has 0 saturated heterocycles. The molecule has 2 rings (SSSR count). The van der Waals surface area contributed by atoms with Crippen molar-refractivity contribution < 1.29 is 18.7 Å². The molecule has 0 aliphatic rings. The van der Waals surface area contributed by atoms with Crippen molar-refractivity contribution in [2.75, 3.05) is 6.54 Å². The van der Waals surface area contributed by atoms with Gasteiger partial charge in [0.05, 0.1) is 5.02 Å². The van der Waals surface area contributed by atoms with Crippen LogP contribution in [0.3, 0.4) is 0 Å². The summed E-state index contributed by atoms with van der Waals surface area (Å²) in [6, 6.07) is 8.02. The molecule has 0 aliphatic heterocycles. The summed E-state index contributed by atoms with van der Waals surface area (Å²) >= 11 is 12.0. The number of furan rings is 1. The fourth-order valence-electron chi connectivity index (χ4n) is 1.95. The number of amides is 1. The monoisotopic (exact) mass is 369 g/mol. The SMILES string of the molecule is CCCNC(=O)[C@H](C)OC(=O)c1ccc(-c2ccc(Cl)cc2Cl)o1. The molecule has 0 aliphatic carbocycles. The van der Waals surface area contributed by atoms with E-state index in [-0.39, 0.29) is 11.7 Å². The summed E-state index contributed by atoms with van der Waals surface area (Å²) in [6.45, 7) is 3.97. The number of rotatable bonds is 6. The maximum Gasteiger partial charge on any atom is 0.375 e. The fraction of sp³-hybridized carbons (Fsp3) is 0.294. The molecule has 5 nitrogen and oxygen atoms in total. The van der Waals surface area contributed by atoms with Crippen LogP contribution >= 0.6 is 23.2 Å². The molecule has 0 unspecified atom stereocenters. The first-order valence-electron chi connectivity index (χ1n) is 7.46. The highest BCUT2D eigenvalue weighted by Crippen LogP contribution is 2.31. The molecule has 128 valence electrons. The van der Waals surface area contributed by atoms with Gasteiger partial charge in [-0.15, -0.1) is 0 Å². The summed E-state index contributed by atoms with van der Waals surface area (Å²) < 4.78 is 10.6. The van der Waals surface area contributed by atoms with E-state index >= 15 is 0 Å². The molecule has 0 spiro atoms. The average Bonchev–Trinajstić information content (AvgIpc) is 3.02. The molecule has 0 bridgehead atoms. The average molecular weight is 370 g/mol. The van der Waals surface area contributed by atoms with Gasteiger partial charge in [0, 0.05) is 17.1 Å². The van der Waals surface area contributed by atoms with Gasteiger partial charge in [-0.3, -0.25) is 4.79 Å². The highest BCUT2D eigenvalue weighted by molar-refractivity contribution is 6.36. The number of ether oxygens (including phenoxy) is 1. The second-order valence-electron chi connectivity index (χ2n) is 5.13. The minimum atomic E-state index is -0.906. The van der Waals surface area contributed by atoms with Crippen molar-refractivity contribution in [3.8, 4) is 11.3 Å². The van der Waals surface area contributed by atoms with E-state index < -0.39 is 12.1 Å². The van der Waals surface area contributed by atoms with E-state index in [1.807, 2.05) is 6.92 Å². The van der Waals surface area contributed by atoms with Crippen molar-refractivity contribution >= 4 is 35.1 Å². The molecule has 0 radical (unpaired) electrons. The zero-order chi connectivity index (χ0) is 17.7. The van der Waals surface area contributed by atoms with Crippen molar-refractivity contribution in [1.82, 2.24) is 5.32 Å². The topological polar surface area (TPSA) is 68.5 Å². The Balaban J connectivity index is 2.07. The van der Waals surface area contributed by atoms with Crippen LogP contribution in [0.1, 0.15) is 30.8 Å². The van der Waals surface area contributed by atoms with Gasteiger partial charge in [-0.2, -0.15) is 0 Å². The third kappa shape index (κ3) is 4.52. The summed E-state index contributed by atoms with van der Waals surface area (Å²) in [4.78, 5) is 23.8. The first kappa shape index (κ1) is 18.4. The molecule has 24 heavy (non-hydrogen) atoms. The van der Waals surface area contributed by atoms with Gasteiger partial charge < -0.3 is 14.5 Å². The van der Waals surface area contributed by atoms with E-state index in [0.717, 1.165) is 6.42 Å². The van der Waals surface area contributed by atoms with E-state index in [9.17, 15) is 9.59 Å². The predicted octanol–water partition coefficient (Wildman–Crippen LogP) is 4.32. The molecule has 2 aromatic rings. The van der Waals surface area contributed by atoms with Gasteiger partial charge in [-0.25, -0.2) is 4.79 Å². The van der Waals surface area contributed by atoms with Gasteiger partial charge in [0.2, 0.25) is 5.76 Å². The molecular formula is C17H17Cl2NO4. The van der Waals surface area contributed by atoms with Crippen molar-refractivity contribution in [1.29, 1.82) is 0 Å². The largest absolute Gasteiger partial charge is 0.449 e. The summed E-state index contributed by atoms with van der Waals surface area (Å²) in [7, 11) is 0. The minimum absolute atomic E-state index is 0.00819. The molecular weight excluding hydrogens is 353 g/mol. The lowest BCUT2D eigenvalue weighted by molar-refractivity contribution is -0.129. The van der Waals surface area contributed by atoms with Gasteiger partial charge in [-0.05, 0) is 43.7 Å². The lowest BCUT2D eigenvalue weighted by Crippen LogP contribution is -2.36. The second-order valence-corrected chi connectivity index (χ2v) is 5.97. The van der Waals surface area contributed by atoms with E-state index in [4.69, 9.17) is 32.4 Å². The molecule has 1 aromatic heterocycles. The van der Waals surface area contributed by atoms with Crippen LogP contribution in [0, 0.1) is 0 Å². The van der Waals surface area contributed by atoms with Gasteiger partial charge in [0.15, 0.2) is 6.10 Å². The van der Waals surface area contributed by atoms with E-state index in [0.29, 0.717) is 27.9 Å². The number of hydrogen-bond acceptors (Lipinski definition) is 4. The number of carbonyl (C=O) groups is 2. The molecule has 0 fully saturated rings. The van der Waals surface area contributed by atoms with Gasteiger partial charge in [0.1, 0.15) is 5.76 Å². The van der Waals surface area contributed by atoms with E-state index in [2.05, 4.69) is 5.32 Å². The first-order chi connectivity index (χ1) is 11.4. The van der Waals surface area contributed by atoms with Crippen LogP contribution in [0.2, 0.25) is 10.0 Å². The van der Waals surface area contributed by atoms with Crippen molar-refractivity contribution in [3.05, 3.63) is 46.1 Å². The Morgan fingerprint density at radius 3 is 2.67 bits per heavy atom. The van der Waals surface area contributed by atoms with Crippen molar-refractivity contribution in [2.45, 2.75) is 26.4 Å². The number of nitrogens with one attached hydrogen (secondary N) is 1. The van der Waals surface area contributed by atoms with Crippen LogP contribution < -0.4 is 5.32 Å². The second kappa shape index (κ2) is 8.22. The number of esters is 1. The lowest BCUT2D eigenvalue weighted by atomic mass is 10.2. The zero-order valence-corrected chi connectivity index (χ0v) is 14.8. The third-order valence-electron chi connectivity index (χ3n) is 3.21. The highest BCUT2D eigenvalue weighted by atomic mass is 35.5. The van der Waals surface area contributed by atoms with Crippen molar-refractivity contribution in [3.63, 3.8) is 0 Å². The summed E-state index contributed by atoms with van der Waals surface area (Å²) in [5.41, 5.74) is 0.605. The van der Waals surface area contributed by atoms with Crippen molar-refractivity contribution in [2.24, 2.45) is 0 Å². The molecule has 1 heterocycles. The molecule has 1 amide bonds. The molecule has 1 atom stereocenters. The summed E-state index contributed by atoms with van der Waals surface area (Å²) in [5, 5.41) is 3.56. The Hall–Kier alpha value is -1.98. The predicted molar refractivity (Wildman–Crippen MR) is 92.3 cm³/mol. The highest BCUT2D eigenvalue weighted by Gasteiger charge is 2.21. The summed E-state index contributed by atoms with van der Waals surface area (Å²) in [5.74, 6) is -0.666. The standard InChI is InChI=1S/C17H17Cl2NO4/c1-3-8-20-16(21)10(2)23-17(22)15-7-6-14(24-15)12-5-4-11(18)9-13(12)19/h4-7,9-10H,3,8H2,1-2H3,(H,20,21)/t10-/m0/s1. The van der Waals surface area contributed by atoms with Crippen LogP contribution in [-0.2, 0) is 9.53 Å². The van der Waals surface area contributed by atoms with Gasteiger partial charge >= 0.3 is 5.97 Å². The Labute approximate surface area is 149 Å². The van der Waals surface area contributed by atoms with Crippen LogP contribution in [0.15, 0.2) is 34.7 Å². The first-order valence-corrected chi connectivity index (χ1v) is 8.22. The number of benzene rings is 1. The molecule has 1 aromatic carbocycles. The van der Waals surface area contributed by atoms with Crippen LogP contribution in [-0.4, -0.2) is 24.5 Å². The zero-order valence-electron chi connectivity index (χ0n) is 13.3. The Bertz CT molecular complexity index is 742. The Morgan fingerprint density at radius 1 is 1.25 bits per heavy atom.